The number of aromatic nitrogens is 7. The van der Waals surface area contributed by atoms with Crippen LogP contribution in [0.5, 0.6) is 0 Å². The Morgan fingerprint density at radius 2 is 2.10 bits per heavy atom. The van der Waals surface area contributed by atoms with Crippen molar-refractivity contribution in [3.63, 3.8) is 0 Å². The molecule has 0 amide bonds. The summed E-state index contributed by atoms with van der Waals surface area (Å²) in [5.74, 6) is 0.900. The molecule has 9 heteroatoms. The molecule has 0 saturated heterocycles. The maximum absolute atomic E-state index is 5.69. The number of rotatable bonds is 4. The highest BCUT2D eigenvalue weighted by Gasteiger charge is 2.06. The number of nitrogens with two attached hydrogens (primary N) is 1. The van der Waals surface area contributed by atoms with Crippen molar-refractivity contribution in [3.8, 4) is 5.95 Å². The molecule has 0 bridgehead atoms. The van der Waals surface area contributed by atoms with Crippen LogP contribution >= 0.6 is 0 Å². The summed E-state index contributed by atoms with van der Waals surface area (Å²) in [6.45, 7) is 2.33. The third-order valence-electron chi connectivity index (χ3n) is 2.64. The second kappa shape index (κ2) is 5.49. The number of hydrogen-bond acceptors (Lipinski definition) is 8. The van der Waals surface area contributed by atoms with Crippen LogP contribution < -0.4 is 11.1 Å². The number of hydrogen-bond donors (Lipinski definition) is 2. The predicted octanol–water partition coefficient (Wildman–Crippen LogP) is 0.350. The monoisotopic (exact) mass is 283 g/mol. The van der Waals surface area contributed by atoms with Gasteiger partial charge in [-0.1, -0.05) is 0 Å². The first-order chi connectivity index (χ1) is 10.2. The summed E-state index contributed by atoms with van der Waals surface area (Å²) in [5.41, 5.74) is 7.34. The summed E-state index contributed by atoms with van der Waals surface area (Å²) >= 11 is 0. The summed E-state index contributed by atoms with van der Waals surface area (Å²) in [6, 6.07) is 0. The molecule has 0 aliphatic rings. The summed E-state index contributed by atoms with van der Waals surface area (Å²) in [7, 11) is 0. The fourth-order valence-electron chi connectivity index (χ4n) is 1.63. The largest absolute Gasteiger partial charge is 0.368 e. The molecule has 21 heavy (non-hydrogen) atoms. The predicted molar refractivity (Wildman–Crippen MR) is 75.5 cm³/mol. The normalized spacial score (nSPS) is 10.5. The first-order valence-corrected chi connectivity index (χ1v) is 6.22. The van der Waals surface area contributed by atoms with Gasteiger partial charge in [-0.05, 0) is 6.92 Å². The zero-order chi connectivity index (χ0) is 14.7. The Balaban J connectivity index is 1.78. The van der Waals surface area contributed by atoms with E-state index in [2.05, 4.69) is 35.2 Å². The van der Waals surface area contributed by atoms with Gasteiger partial charge in [0.2, 0.25) is 17.8 Å². The van der Waals surface area contributed by atoms with Crippen molar-refractivity contribution in [2.75, 3.05) is 11.1 Å². The minimum Gasteiger partial charge on any atom is -0.368 e. The molecule has 106 valence electrons. The molecule has 0 aromatic carbocycles. The molecule has 3 aromatic heterocycles. The van der Waals surface area contributed by atoms with Crippen LogP contribution in [0.1, 0.15) is 11.4 Å². The maximum Gasteiger partial charge on any atom is 0.241 e. The lowest BCUT2D eigenvalue weighted by molar-refractivity contribution is 0.888. The lowest BCUT2D eigenvalue weighted by Crippen LogP contribution is -2.11. The maximum atomic E-state index is 5.69. The van der Waals surface area contributed by atoms with Crippen molar-refractivity contribution < 1.29 is 0 Å². The van der Waals surface area contributed by atoms with Crippen molar-refractivity contribution in [1.29, 1.82) is 0 Å². The van der Waals surface area contributed by atoms with Gasteiger partial charge in [0.1, 0.15) is 6.33 Å². The molecule has 0 fully saturated rings. The van der Waals surface area contributed by atoms with E-state index in [-0.39, 0.29) is 5.95 Å². The molecule has 0 aliphatic heterocycles. The summed E-state index contributed by atoms with van der Waals surface area (Å²) < 4.78 is 1.65. The van der Waals surface area contributed by atoms with Gasteiger partial charge in [0.15, 0.2) is 0 Å². The second-order valence-corrected chi connectivity index (χ2v) is 4.29. The highest BCUT2D eigenvalue weighted by molar-refractivity contribution is 5.35. The zero-order valence-electron chi connectivity index (χ0n) is 11.3. The van der Waals surface area contributed by atoms with Crippen LogP contribution in [-0.2, 0) is 6.54 Å². The van der Waals surface area contributed by atoms with Crippen molar-refractivity contribution >= 4 is 11.9 Å². The molecule has 0 unspecified atom stereocenters. The van der Waals surface area contributed by atoms with Gasteiger partial charge in [-0.3, -0.25) is 14.5 Å². The van der Waals surface area contributed by atoms with Crippen molar-refractivity contribution in [2.24, 2.45) is 0 Å². The van der Waals surface area contributed by atoms with E-state index in [9.17, 15) is 0 Å². The Morgan fingerprint density at radius 3 is 2.81 bits per heavy atom. The van der Waals surface area contributed by atoms with E-state index in [0.717, 1.165) is 11.4 Å². The number of nitrogens with zero attached hydrogens (tertiary/aromatic N) is 7. The molecule has 0 radical (unpaired) electrons. The highest BCUT2D eigenvalue weighted by atomic mass is 15.3. The Morgan fingerprint density at radius 1 is 1.19 bits per heavy atom. The lowest BCUT2D eigenvalue weighted by atomic mass is 10.4. The van der Waals surface area contributed by atoms with Gasteiger partial charge in [-0.15, -0.1) is 0 Å². The van der Waals surface area contributed by atoms with Crippen LogP contribution in [0.15, 0.2) is 31.1 Å². The Kier molecular flexibility index (Phi) is 3.37. The standard InChI is InChI=1S/C12H13N9/c1-8-4-16-9(5-15-8)6-17-11-18-10(13)19-12(20-11)21-3-2-14-7-21/h2-5,7H,6H2,1H3,(H3,13,17,18,19,20). The van der Waals surface area contributed by atoms with Crippen molar-refractivity contribution in [3.05, 3.63) is 42.5 Å². The summed E-state index contributed by atoms with van der Waals surface area (Å²) in [5, 5.41) is 3.05. The average Bonchev–Trinajstić information content (AvgIpc) is 3.00. The molecule has 3 aromatic rings. The molecule has 3 N–H and O–H groups in total. The van der Waals surface area contributed by atoms with Gasteiger partial charge in [-0.25, -0.2) is 4.98 Å². The van der Waals surface area contributed by atoms with Gasteiger partial charge in [0.25, 0.3) is 0 Å². The number of anilines is 2. The van der Waals surface area contributed by atoms with Crippen LogP contribution in [0.4, 0.5) is 11.9 Å². The van der Waals surface area contributed by atoms with E-state index in [1.54, 1.807) is 35.7 Å². The number of imidazole rings is 1. The van der Waals surface area contributed by atoms with E-state index >= 15 is 0 Å². The summed E-state index contributed by atoms with van der Waals surface area (Å²) in [6.07, 6.45) is 8.35. The number of nitrogen functional groups attached to an aromatic ring is 1. The van der Waals surface area contributed by atoms with Gasteiger partial charge < -0.3 is 11.1 Å². The Labute approximate surface area is 120 Å². The average molecular weight is 283 g/mol. The highest BCUT2D eigenvalue weighted by Crippen LogP contribution is 2.07. The molecule has 0 spiro atoms. The first-order valence-electron chi connectivity index (χ1n) is 6.22. The molecule has 3 heterocycles. The zero-order valence-corrected chi connectivity index (χ0v) is 11.3. The molecule has 9 nitrogen and oxygen atoms in total. The fraction of sp³-hybridized carbons (Fsp3) is 0.167. The first kappa shape index (κ1) is 12.9. The molecule has 0 aliphatic carbocycles. The van der Waals surface area contributed by atoms with Crippen molar-refractivity contribution in [2.45, 2.75) is 13.5 Å². The minimum absolute atomic E-state index is 0.131. The van der Waals surface area contributed by atoms with Crippen LogP contribution in [0.25, 0.3) is 5.95 Å². The van der Waals surface area contributed by atoms with Crippen LogP contribution in [0.2, 0.25) is 0 Å². The van der Waals surface area contributed by atoms with E-state index in [0.29, 0.717) is 18.4 Å². The molecular weight excluding hydrogens is 270 g/mol. The topological polar surface area (TPSA) is 120 Å². The number of aryl methyl sites for hydroxylation is 1. The number of nitrogens with one attached hydrogen (secondary N) is 1. The van der Waals surface area contributed by atoms with E-state index in [1.807, 2.05) is 6.92 Å². The molecule has 3 rings (SSSR count). The lowest BCUT2D eigenvalue weighted by Gasteiger charge is -2.07. The van der Waals surface area contributed by atoms with Gasteiger partial charge in [0.05, 0.1) is 24.1 Å². The van der Waals surface area contributed by atoms with Crippen LogP contribution in [0.3, 0.4) is 0 Å². The summed E-state index contributed by atoms with van der Waals surface area (Å²) in [4.78, 5) is 24.7. The SMILES string of the molecule is Cc1cnc(CNc2nc(N)nc(-n3ccnc3)n2)cn1. The minimum atomic E-state index is 0.131. The van der Waals surface area contributed by atoms with E-state index in [4.69, 9.17) is 5.73 Å². The van der Waals surface area contributed by atoms with E-state index in [1.165, 1.54) is 0 Å². The smallest absolute Gasteiger partial charge is 0.241 e. The Hall–Kier alpha value is -3.10. The fourth-order valence-corrected chi connectivity index (χ4v) is 1.63. The van der Waals surface area contributed by atoms with Gasteiger partial charge >= 0.3 is 0 Å². The second-order valence-electron chi connectivity index (χ2n) is 4.29. The molecule has 0 atom stereocenters. The molecule has 0 saturated carbocycles. The van der Waals surface area contributed by atoms with E-state index < -0.39 is 0 Å². The van der Waals surface area contributed by atoms with Crippen LogP contribution in [-0.4, -0.2) is 34.5 Å². The van der Waals surface area contributed by atoms with Crippen LogP contribution in [0, 0.1) is 6.92 Å². The quantitative estimate of drug-likeness (QED) is 0.703. The molecular formula is C12H13N9. The van der Waals surface area contributed by atoms with Crippen molar-refractivity contribution in [1.82, 2.24) is 34.5 Å². The Bertz CT molecular complexity index is 721. The third-order valence-corrected chi connectivity index (χ3v) is 2.64. The van der Waals surface area contributed by atoms with Gasteiger partial charge in [-0.2, -0.15) is 15.0 Å². The van der Waals surface area contributed by atoms with Gasteiger partial charge in [0, 0.05) is 18.6 Å². The third kappa shape index (κ3) is 3.08.